The Morgan fingerprint density at radius 2 is 2.36 bits per heavy atom. The first-order valence-electron chi connectivity index (χ1n) is 5.26. The molecule has 0 unspecified atom stereocenters. The molecule has 0 radical (unpaired) electrons. The molecule has 2 fully saturated rings. The Morgan fingerprint density at radius 3 is 3.07 bits per heavy atom. The summed E-state index contributed by atoms with van der Waals surface area (Å²) < 4.78 is 11.0. The molecule has 2 saturated heterocycles. The summed E-state index contributed by atoms with van der Waals surface area (Å²) in [4.78, 5) is 11.1. The lowest BCUT2D eigenvalue weighted by molar-refractivity contribution is -0.158. The van der Waals surface area contributed by atoms with E-state index in [0.29, 0.717) is 6.42 Å². The zero-order valence-electron chi connectivity index (χ0n) is 8.49. The van der Waals surface area contributed by atoms with Gasteiger partial charge in [0.2, 0.25) is 0 Å². The average Bonchev–Trinajstić information content (AvgIpc) is 2.46. The predicted octanol–water partition coefficient (Wildman–Crippen LogP) is 1.82. The van der Waals surface area contributed by atoms with Crippen molar-refractivity contribution in [3.8, 4) is 0 Å². The molecule has 2 aliphatic rings. The Kier molecular flexibility index (Phi) is 2.59. The van der Waals surface area contributed by atoms with Crippen LogP contribution in [-0.2, 0) is 14.3 Å². The number of ether oxygens (including phenoxy) is 2. The molecule has 2 aliphatic heterocycles. The summed E-state index contributed by atoms with van der Waals surface area (Å²) in [6, 6.07) is 0. The number of esters is 1. The minimum atomic E-state index is -0.173. The van der Waals surface area contributed by atoms with E-state index < -0.39 is 0 Å². The standard InChI is InChI=1S/C11H16O3/c1-3-4-8-7(2)11-9(13-8)5-6-10(12)14-11/h8-9,11H,2-6H2,1H3/t8-,9-,11-/m0/s1. The van der Waals surface area contributed by atoms with Gasteiger partial charge in [0.05, 0.1) is 12.2 Å². The second kappa shape index (κ2) is 3.73. The van der Waals surface area contributed by atoms with Gasteiger partial charge in [0.15, 0.2) is 6.10 Å². The van der Waals surface area contributed by atoms with E-state index in [0.717, 1.165) is 24.8 Å². The number of carbonyl (C=O) groups excluding carboxylic acids is 1. The van der Waals surface area contributed by atoms with Crippen LogP contribution in [-0.4, -0.2) is 24.3 Å². The van der Waals surface area contributed by atoms with Crippen molar-refractivity contribution in [3.63, 3.8) is 0 Å². The van der Waals surface area contributed by atoms with Crippen LogP contribution in [0.4, 0.5) is 0 Å². The lowest BCUT2D eigenvalue weighted by atomic mass is 9.98. The summed E-state index contributed by atoms with van der Waals surface area (Å²) >= 11 is 0. The van der Waals surface area contributed by atoms with E-state index in [1.54, 1.807) is 0 Å². The number of fused-ring (bicyclic) bond motifs is 1. The van der Waals surface area contributed by atoms with Crippen molar-refractivity contribution in [2.45, 2.75) is 50.9 Å². The molecule has 14 heavy (non-hydrogen) atoms. The van der Waals surface area contributed by atoms with Crippen molar-refractivity contribution in [1.82, 2.24) is 0 Å². The topological polar surface area (TPSA) is 35.5 Å². The molecule has 3 heteroatoms. The molecule has 3 atom stereocenters. The Labute approximate surface area is 84.1 Å². The maximum Gasteiger partial charge on any atom is 0.306 e. The van der Waals surface area contributed by atoms with Crippen LogP contribution in [0.5, 0.6) is 0 Å². The molecule has 2 heterocycles. The molecule has 2 rings (SSSR count). The van der Waals surface area contributed by atoms with Crippen molar-refractivity contribution < 1.29 is 14.3 Å². The van der Waals surface area contributed by atoms with Crippen molar-refractivity contribution >= 4 is 5.97 Å². The second-order valence-electron chi connectivity index (χ2n) is 3.98. The number of hydrogen-bond donors (Lipinski definition) is 0. The van der Waals surface area contributed by atoms with Crippen molar-refractivity contribution in [3.05, 3.63) is 12.2 Å². The van der Waals surface area contributed by atoms with Gasteiger partial charge in [-0.2, -0.15) is 0 Å². The molecule has 0 aromatic carbocycles. The highest BCUT2D eigenvalue weighted by Gasteiger charge is 2.43. The van der Waals surface area contributed by atoms with E-state index in [1.165, 1.54) is 0 Å². The molecular weight excluding hydrogens is 180 g/mol. The van der Waals surface area contributed by atoms with Gasteiger partial charge in [-0.15, -0.1) is 0 Å². The molecule has 0 saturated carbocycles. The quantitative estimate of drug-likeness (QED) is 0.499. The van der Waals surface area contributed by atoms with E-state index in [4.69, 9.17) is 9.47 Å². The highest BCUT2D eigenvalue weighted by molar-refractivity contribution is 5.71. The van der Waals surface area contributed by atoms with Gasteiger partial charge in [0.25, 0.3) is 0 Å². The first-order valence-corrected chi connectivity index (χ1v) is 5.26. The third-order valence-corrected chi connectivity index (χ3v) is 2.90. The molecule has 0 aromatic heterocycles. The number of hydrogen-bond acceptors (Lipinski definition) is 3. The summed E-state index contributed by atoms with van der Waals surface area (Å²) in [5.74, 6) is -0.117. The number of rotatable bonds is 2. The molecule has 3 nitrogen and oxygen atoms in total. The van der Waals surface area contributed by atoms with Crippen LogP contribution in [0.3, 0.4) is 0 Å². The van der Waals surface area contributed by atoms with E-state index in [1.807, 2.05) is 0 Å². The van der Waals surface area contributed by atoms with Gasteiger partial charge in [-0.1, -0.05) is 19.9 Å². The average molecular weight is 196 g/mol. The molecule has 78 valence electrons. The van der Waals surface area contributed by atoms with Crippen molar-refractivity contribution in [2.75, 3.05) is 0 Å². The largest absolute Gasteiger partial charge is 0.455 e. The van der Waals surface area contributed by atoms with Crippen LogP contribution in [0.2, 0.25) is 0 Å². The Morgan fingerprint density at radius 1 is 1.57 bits per heavy atom. The zero-order chi connectivity index (χ0) is 10.1. The molecule has 0 spiro atoms. The Bertz CT molecular complexity index is 259. The van der Waals surface area contributed by atoms with Crippen LogP contribution in [0.25, 0.3) is 0 Å². The zero-order valence-corrected chi connectivity index (χ0v) is 8.49. The maximum atomic E-state index is 11.1. The van der Waals surface area contributed by atoms with Crippen LogP contribution >= 0.6 is 0 Å². The third-order valence-electron chi connectivity index (χ3n) is 2.90. The second-order valence-corrected chi connectivity index (χ2v) is 3.98. The van der Waals surface area contributed by atoms with E-state index in [9.17, 15) is 4.79 Å². The van der Waals surface area contributed by atoms with E-state index >= 15 is 0 Å². The first kappa shape index (κ1) is 9.71. The fourth-order valence-electron chi connectivity index (χ4n) is 2.14. The molecule has 0 aliphatic carbocycles. The first-order chi connectivity index (χ1) is 6.72. The highest BCUT2D eigenvalue weighted by atomic mass is 16.6. The van der Waals surface area contributed by atoms with Gasteiger partial charge in [-0.25, -0.2) is 0 Å². The van der Waals surface area contributed by atoms with Gasteiger partial charge in [-0.05, 0) is 18.4 Å². The molecular formula is C11H16O3. The van der Waals surface area contributed by atoms with Gasteiger partial charge in [0, 0.05) is 6.42 Å². The minimum Gasteiger partial charge on any atom is -0.455 e. The lowest BCUT2D eigenvalue weighted by Crippen LogP contribution is -2.33. The maximum absolute atomic E-state index is 11.1. The summed E-state index contributed by atoms with van der Waals surface area (Å²) in [5.41, 5.74) is 0.949. The highest BCUT2D eigenvalue weighted by Crippen LogP contribution is 2.35. The van der Waals surface area contributed by atoms with E-state index in [2.05, 4.69) is 13.5 Å². The fraction of sp³-hybridized carbons (Fsp3) is 0.727. The SMILES string of the molecule is C=C1[C@H](CCC)O[C@H]2CCC(=O)O[C@@H]12. The summed E-state index contributed by atoms with van der Waals surface area (Å²) in [6.45, 7) is 6.09. The van der Waals surface area contributed by atoms with Gasteiger partial charge >= 0.3 is 5.97 Å². The molecule has 0 amide bonds. The van der Waals surface area contributed by atoms with E-state index in [-0.39, 0.29) is 24.3 Å². The molecule has 0 bridgehead atoms. The monoisotopic (exact) mass is 196 g/mol. The van der Waals surface area contributed by atoms with Crippen LogP contribution in [0, 0.1) is 0 Å². The lowest BCUT2D eigenvalue weighted by Gasteiger charge is -2.23. The smallest absolute Gasteiger partial charge is 0.306 e. The predicted molar refractivity (Wildman–Crippen MR) is 51.8 cm³/mol. The Balaban J connectivity index is 2.05. The van der Waals surface area contributed by atoms with Crippen molar-refractivity contribution in [1.29, 1.82) is 0 Å². The van der Waals surface area contributed by atoms with Gasteiger partial charge in [-0.3, -0.25) is 4.79 Å². The summed E-state index contributed by atoms with van der Waals surface area (Å²) in [5, 5.41) is 0. The van der Waals surface area contributed by atoms with Gasteiger partial charge < -0.3 is 9.47 Å². The Hall–Kier alpha value is -0.830. The van der Waals surface area contributed by atoms with Crippen LogP contribution < -0.4 is 0 Å². The number of carbonyl (C=O) groups is 1. The van der Waals surface area contributed by atoms with Crippen LogP contribution in [0.1, 0.15) is 32.6 Å². The fourth-order valence-corrected chi connectivity index (χ4v) is 2.14. The van der Waals surface area contributed by atoms with Gasteiger partial charge in [0.1, 0.15) is 0 Å². The third kappa shape index (κ3) is 1.57. The summed E-state index contributed by atoms with van der Waals surface area (Å²) in [7, 11) is 0. The van der Waals surface area contributed by atoms with Crippen LogP contribution in [0.15, 0.2) is 12.2 Å². The summed E-state index contributed by atoms with van der Waals surface area (Å²) in [6.07, 6.45) is 3.29. The normalized spacial score (nSPS) is 36.8. The van der Waals surface area contributed by atoms with Crippen molar-refractivity contribution in [2.24, 2.45) is 0 Å². The molecule has 0 N–H and O–H groups in total. The molecule has 0 aromatic rings. The minimum absolute atomic E-state index is 0.0664.